The number of aromatic nitrogens is 3. The summed E-state index contributed by atoms with van der Waals surface area (Å²) in [5, 5.41) is 14.0. The van der Waals surface area contributed by atoms with Crippen LogP contribution in [0.5, 0.6) is 0 Å². The SMILES string of the molecule is CC(=O)c1cccn1[C@@H](C)Cn1ccc(-c2ccc(C#N)c(Cl)c2)n1. The van der Waals surface area contributed by atoms with Crippen LogP contribution in [0.4, 0.5) is 0 Å². The van der Waals surface area contributed by atoms with Gasteiger partial charge in [-0.3, -0.25) is 9.48 Å². The monoisotopic (exact) mass is 352 g/mol. The summed E-state index contributed by atoms with van der Waals surface area (Å²) in [6, 6.07) is 13.0. The van der Waals surface area contributed by atoms with Crippen molar-refractivity contribution in [3.63, 3.8) is 0 Å². The molecule has 0 saturated carbocycles. The normalized spacial score (nSPS) is 11.9. The summed E-state index contributed by atoms with van der Waals surface area (Å²) in [6.45, 7) is 4.25. The van der Waals surface area contributed by atoms with Crippen molar-refractivity contribution in [2.24, 2.45) is 0 Å². The molecule has 0 amide bonds. The fourth-order valence-electron chi connectivity index (χ4n) is 2.82. The van der Waals surface area contributed by atoms with E-state index >= 15 is 0 Å². The van der Waals surface area contributed by atoms with Gasteiger partial charge in [0.25, 0.3) is 0 Å². The van der Waals surface area contributed by atoms with Gasteiger partial charge >= 0.3 is 0 Å². The molecular weight excluding hydrogens is 336 g/mol. The second-order valence-electron chi connectivity index (χ2n) is 5.94. The van der Waals surface area contributed by atoms with E-state index in [1.54, 1.807) is 19.1 Å². The molecule has 0 fully saturated rings. The van der Waals surface area contributed by atoms with E-state index in [-0.39, 0.29) is 11.8 Å². The number of rotatable bonds is 5. The number of nitriles is 1. The van der Waals surface area contributed by atoms with Gasteiger partial charge in [0.15, 0.2) is 5.78 Å². The fourth-order valence-corrected chi connectivity index (χ4v) is 3.04. The van der Waals surface area contributed by atoms with Crippen LogP contribution in [0, 0.1) is 11.3 Å². The molecule has 2 heterocycles. The minimum atomic E-state index is 0.0465. The van der Waals surface area contributed by atoms with Crippen LogP contribution < -0.4 is 0 Å². The summed E-state index contributed by atoms with van der Waals surface area (Å²) in [4.78, 5) is 11.7. The molecule has 6 heteroatoms. The molecule has 0 spiro atoms. The molecule has 0 radical (unpaired) electrons. The molecule has 3 rings (SSSR count). The molecule has 1 atom stereocenters. The molecule has 2 aromatic heterocycles. The molecule has 0 aliphatic carbocycles. The second-order valence-corrected chi connectivity index (χ2v) is 6.34. The lowest BCUT2D eigenvalue weighted by Gasteiger charge is -2.16. The molecule has 5 nitrogen and oxygen atoms in total. The highest BCUT2D eigenvalue weighted by atomic mass is 35.5. The number of carbonyl (C=O) groups excluding carboxylic acids is 1. The Kier molecular flexibility index (Phi) is 4.73. The summed E-state index contributed by atoms with van der Waals surface area (Å²) in [5.74, 6) is 0.0465. The van der Waals surface area contributed by atoms with E-state index in [1.165, 1.54) is 0 Å². The Morgan fingerprint density at radius 2 is 2.12 bits per heavy atom. The number of hydrogen-bond donors (Lipinski definition) is 0. The molecule has 0 unspecified atom stereocenters. The van der Waals surface area contributed by atoms with Crippen LogP contribution >= 0.6 is 11.6 Å². The molecule has 0 N–H and O–H groups in total. The molecule has 0 bridgehead atoms. The smallest absolute Gasteiger partial charge is 0.176 e. The van der Waals surface area contributed by atoms with Gasteiger partial charge in [-0.25, -0.2) is 0 Å². The Hall–Kier alpha value is -2.84. The standard InChI is InChI=1S/C19H17ClN4O/c1-13(24-8-3-4-19(24)14(2)25)12-23-9-7-18(22-23)15-5-6-16(11-21)17(20)10-15/h3-10,13H,12H2,1-2H3/t13-/m0/s1. The first-order valence-corrected chi connectivity index (χ1v) is 8.28. The lowest BCUT2D eigenvalue weighted by atomic mass is 10.1. The fraction of sp³-hybridized carbons (Fsp3) is 0.211. The minimum absolute atomic E-state index is 0.0465. The molecule has 0 saturated heterocycles. The van der Waals surface area contributed by atoms with Gasteiger partial charge in [0.1, 0.15) is 6.07 Å². The zero-order chi connectivity index (χ0) is 18.0. The van der Waals surface area contributed by atoms with Crippen LogP contribution in [-0.2, 0) is 6.54 Å². The molecule has 126 valence electrons. The zero-order valence-electron chi connectivity index (χ0n) is 14.0. The van der Waals surface area contributed by atoms with E-state index in [9.17, 15) is 4.79 Å². The van der Waals surface area contributed by atoms with E-state index < -0.39 is 0 Å². The zero-order valence-corrected chi connectivity index (χ0v) is 14.7. The van der Waals surface area contributed by atoms with Crippen molar-refractivity contribution in [1.29, 1.82) is 5.26 Å². The van der Waals surface area contributed by atoms with Gasteiger partial charge in [0, 0.05) is 24.9 Å². The Balaban J connectivity index is 1.80. The number of nitrogens with zero attached hydrogens (tertiary/aromatic N) is 4. The first-order chi connectivity index (χ1) is 12.0. The predicted octanol–water partition coefficient (Wildman–Crippen LogP) is 4.34. The van der Waals surface area contributed by atoms with Gasteiger partial charge in [-0.2, -0.15) is 10.4 Å². The maximum atomic E-state index is 11.7. The van der Waals surface area contributed by atoms with Crippen LogP contribution in [0.1, 0.15) is 35.9 Å². The third kappa shape index (κ3) is 3.49. The molecule has 0 aliphatic rings. The van der Waals surface area contributed by atoms with Gasteiger partial charge in [0.05, 0.1) is 34.6 Å². The van der Waals surface area contributed by atoms with E-state index in [1.807, 2.05) is 58.9 Å². The number of hydrogen-bond acceptors (Lipinski definition) is 3. The van der Waals surface area contributed by atoms with Crippen LogP contribution in [0.2, 0.25) is 5.02 Å². The Bertz CT molecular complexity index is 964. The van der Waals surface area contributed by atoms with Crippen LogP contribution in [0.25, 0.3) is 11.3 Å². The van der Waals surface area contributed by atoms with Gasteiger partial charge in [-0.05, 0) is 37.3 Å². The summed E-state index contributed by atoms with van der Waals surface area (Å²) < 4.78 is 3.80. The van der Waals surface area contributed by atoms with Crippen molar-refractivity contribution in [2.75, 3.05) is 0 Å². The molecule has 3 aromatic rings. The quantitative estimate of drug-likeness (QED) is 0.641. The van der Waals surface area contributed by atoms with E-state index in [0.717, 1.165) is 11.3 Å². The highest BCUT2D eigenvalue weighted by Gasteiger charge is 2.13. The average Bonchev–Trinajstić information content (AvgIpc) is 3.24. The van der Waals surface area contributed by atoms with Gasteiger partial charge in [-0.1, -0.05) is 17.7 Å². The highest BCUT2D eigenvalue weighted by molar-refractivity contribution is 6.32. The number of Topliss-reactive ketones (excluding diaryl/α,β-unsaturated/α-hetero) is 1. The van der Waals surface area contributed by atoms with Crippen LogP contribution in [-0.4, -0.2) is 20.1 Å². The van der Waals surface area contributed by atoms with Gasteiger partial charge < -0.3 is 4.57 Å². The number of ketones is 1. The third-order valence-electron chi connectivity index (χ3n) is 4.09. The topological polar surface area (TPSA) is 63.6 Å². The van der Waals surface area contributed by atoms with Crippen molar-refractivity contribution in [3.05, 3.63) is 65.1 Å². The van der Waals surface area contributed by atoms with E-state index in [0.29, 0.717) is 22.8 Å². The summed E-state index contributed by atoms with van der Waals surface area (Å²) in [7, 11) is 0. The Morgan fingerprint density at radius 3 is 2.80 bits per heavy atom. The summed E-state index contributed by atoms with van der Waals surface area (Å²) >= 11 is 6.09. The lowest BCUT2D eigenvalue weighted by Crippen LogP contribution is -2.16. The molecule has 0 aliphatic heterocycles. The van der Waals surface area contributed by atoms with Crippen molar-refractivity contribution in [1.82, 2.24) is 14.3 Å². The molecule has 1 aromatic carbocycles. The van der Waals surface area contributed by atoms with Crippen molar-refractivity contribution < 1.29 is 4.79 Å². The van der Waals surface area contributed by atoms with Crippen molar-refractivity contribution in [3.8, 4) is 17.3 Å². The summed E-state index contributed by atoms with van der Waals surface area (Å²) in [6.07, 6.45) is 3.81. The van der Waals surface area contributed by atoms with Gasteiger partial charge in [0.2, 0.25) is 0 Å². The van der Waals surface area contributed by atoms with Crippen LogP contribution in [0.15, 0.2) is 48.8 Å². The summed E-state index contributed by atoms with van der Waals surface area (Å²) in [5.41, 5.74) is 2.79. The highest BCUT2D eigenvalue weighted by Crippen LogP contribution is 2.24. The first-order valence-electron chi connectivity index (χ1n) is 7.91. The van der Waals surface area contributed by atoms with E-state index in [4.69, 9.17) is 16.9 Å². The Labute approximate surface area is 151 Å². The molecule has 25 heavy (non-hydrogen) atoms. The maximum Gasteiger partial charge on any atom is 0.176 e. The average molecular weight is 353 g/mol. The number of benzene rings is 1. The number of carbonyl (C=O) groups is 1. The Morgan fingerprint density at radius 1 is 1.32 bits per heavy atom. The van der Waals surface area contributed by atoms with Crippen molar-refractivity contribution in [2.45, 2.75) is 26.4 Å². The van der Waals surface area contributed by atoms with E-state index in [2.05, 4.69) is 5.10 Å². The second kappa shape index (κ2) is 6.96. The maximum absolute atomic E-state index is 11.7. The third-order valence-corrected chi connectivity index (χ3v) is 4.40. The first kappa shape index (κ1) is 17.0. The van der Waals surface area contributed by atoms with Crippen LogP contribution in [0.3, 0.4) is 0 Å². The number of halogens is 1. The molecular formula is C19H17ClN4O. The predicted molar refractivity (Wildman–Crippen MR) is 96.5 cm³/mol. The largest absolute Gasteiger partial charge is 0.340 e. The lowest BCUT2D eigenvalue weighted by molar-refractivity contribution is 0.100. The van der Waals surface area contributed by atoms with Gasteiger partial charge in [-0.15, -0.1) is 0 Å². The minimum Gasteiger partial charge on any atom is -0.340 e. The van der Waals surface area contributed by atoms with Crippen molar-refractivity contribution >= 4 is 17.4 Å².